The monoisotopic (exact) mass is 463 g/mol. The predicted molar refractivity (Wildman–Crippen MR) is 141 cm³/mol. The van der Waals surface area contributed by atoms with Crippen LogP contribution in [0, 0.1) is 38.5 Å². The third kappa shape index (κ3) is 10.3. The maximum absolute atomic E-state index is 10.9. The van der Waals surface area contributed by atoms with E-state index >= 15 is 0 Å². The second kappa shape index (κ2) is 14.2. The van der Waals surface area contributed by atoms with Crippen molar-refractivity contribution < 1.29 is 15.3 Å². The first-order valence-electron chi connectivity index (χ1n) is 13.3. The first-order chi connectivity index (χ1) is 15.4. The van der Waals surface area contributed by atoms with Crippen LogP contribution >= 0.6 is 0 Å². The van der Waals surface area contributed by atoms with Crippen LogP contribution in [-0.2, 0) is 6.42 Å². The summed E-state index contributed by atoms with van der Waals surface area (Å²) in [6, 6.07) is 0. The molecule has 1 aromatic rings. The normalized spacial score (nSPS) is 16.4. The third-order valence-electron chi connectivity index (χ3n) is 7.88. The van der Waals surface area contributed by atoms with Gasteiger partial charge in [0.1, 0.15) is 11.5 Å². The van der Waals surface area contributed by atoms with Gasteiger partial charge in [0.15, 0.2) is 0 Å². The Morgan fingerprint density at radius 2 is 1.15 bits per heavy atom. The highest BCUT2D eigenvalue weighted by molar-refractivity contribution is 5.56. The number of hydrogen-bond acceptors (Lipinski definition) is 4. The van der Waals surface area contributed by atoms with Crippen molar-refractivity contribution in [1.29, 1.82) is 0 Å². The first-order valence-corrected chi connectivity index (χ1v) is 13.3. The Morgan fingerprint density at radius 3 is 1.67 bits per heavy atom. The Labute approximate surface area is 204 Å². The summed E-state index contributed by atoms with van der Waals surface area (Å²) in [4.78, 5) is 0. The van der Waals surface area contributed by atoms with Gasteiger partial charge in [-0.2, -0.15) is 0 Å². The Bertz CT molecular complexity index is 684. The minimum atomic E-state index is -0.762. The quantitative estimate of drug-likeness (QED) is 0.197. The van der Waals surface area contributed by atoms with Gasteiger partial charge in [-0.25, -0.2) is 0 Å². The highest BCUT2D eigenvalue weighted by Gasteiger charge is 2.23. The molecule has 0 spiro atoms. The molecule has 1 rings (SSSR count). The second-order valence-corrected chi connectivity index (χ2v) is 11.4. The highest BCUT2D eigenvalue weighted by Crippen LogP contribution is 2.38. The van der Waals surface area contributed by atoms with Crippen molar-refractivity contribution in [3.63, 3.8) is 0 Å². The van der Waals surface area contributed by atoms with Crippen LogP contribution in [0.25, 0.3) is 0 Å². The second-order valence-electron chi connectivity index (χ2n) is 11.4. The van der Waals surface area contributed by atoms with Gasteiger partial charge in [0.05, 0.1) is 5.60 Å². The van der Waals surface area contributed by atoms with Gasteiger partial charge in [0, 0.05) is 5.56 Å². The lowest BCUT2D eigenvalue weighted by atomic mass is 9.86. The van der Waals surface area contributed by atoms with E-state index in [1.165, 1.54) is 38.5 Å². The molecule has 0 aromatic heterocycles. The third-order valence-corrected chi connectivity index (χ3v) is 7.88. The Hall–Kier alpha value is -1.26. The molecule has 192 valence electrons. The van der Waals surface area contributed by atoms with Crippen molar-refractivity contribution in [3.05, 3.63) is 22.3 Å². The topological polar surface area (TPSA) is 86.7 Å². The van der Waals surface area contributed by atoms with Crippen LogP contribution in [-0.4, -0.2) is 27.5 Å². The van der Waals surface area contributed by atoms with Gasteiger partial charge in [0.2, 0.25) is 0 Å². The maximum atomic E-state index is 10.9. The SMILES string of the molecule is Cc1c(C)c(O)c(CCC(C)(O)CCCC(C)CCCC(C)CCCC(C)CN)c(C)c1O. The summed E-state index contributed by atoms with van der Waals surface area (Å²) in [6.45, 7) is 15.1. The summed E-state index contributed by atoms with van der Waals surface area (Å²) in [5, 5.41) is 31.8. The summed E-state index contributed by atoms with van der Waals surface area (Å²) in [7, 11) is 0. The highest BCUT2D eigenvalue weighted by atomic mass is 16.3. The van der Waals surface area contributed by atoms with E-state index in [2.05, 4.69) is 20.8 Å². The van der Waals surface area contributed by atoms with E-state index < -0.39 is 5.60 Å². The Kier molecular flexibility index (Phi) is 12.8. The van der Waals surface area contributed by atoms with Crippen molar-refractivity contribution in [2.45, 2.75) is 125 Å². The number of aliphatic hydroxyl groups is 1. The summed E-state index contributed by atoms with van der Waals surface area (Å²) < 4.78 is 0. The van der Waals surface area contributed by atoms with Crippen LogP contribution in [0.2, 0.25) is 0 Å². The van der Waals surface area contributed by atoms with Crippen molar-refractivity contribution >= 4 is 0 Å². The van der Waals surface area contributed by atoms with Gasteiger partial charge >= 0.3 is 0 Å². The zero-order valence-electron chi connectivity index (χ0n) is 22.6. The Balaban J connectivity index is 2.33. The van der Waals surface area contributed by atoms with E-state index in [1.54, 1.807) is 0 Å². The first kappa shape index (κ1) is 29.8. The lowest BCUT2D eigenvalue weighted by Gasteiger charge is -2.25. The van der Waals surface area contributed by atoms with Crippen molar-refractivity contribution in [2.75, 3.05) is 6.54 Å². The molecule has 33 heavy (non-hydrogen) atoms. The summed E-state index contributed by atoms with van der Waals surface area (Å²) in [5.41, 5.74) is 7.88. The van der Waals surface area contributed by atoms with Crippen LogP contribution in [0.3, 0.4) is 0 Å². The van der Waals surface area contributed by atoms with Crippen LogP contribution in [0.5, 0.6) is 11.5 Å². The molecule has 1 aromatic carbocycles. The van der Waals surface area contributed by atoms with Gasteiger partial charge in [-0.3, -0.25) is 0 Å². The van der Waals surface area contributed by atoms with Gasteiger partial charge in [-0.05, 0) is 94.4 Å². The van der Waals surface area contributed by atoms with Crippen molar-refractivity contribution in [1.82, 2.24) is 0 Å². The number of benzene rings is 1. The fourth-order valence-corrected chi connectivity index (χ4v) is 4.88. The molecule has 4 atom stereocenters. The molecule has 0 saturated heterocycles. The summed E-state index contributed by atoms with van der Waals surface area (Å²) in [5.74, 6) is 2.65. The Morgan fingerprint density at radius 1 is 0.697 bits per heavy atom. The molecule has 0 fully saturated rings. The van der Waals surface area contributed by atoms with E-state index in [0.717, 1.165) is 54.0 Å². The van der Waals surface area contributed by atoms with Gasteiger partial charge < -0.3 is 21.1 Å². The molecular formula is C29H53NO3. The van der Waals surface area contributed by atoms with E-state index in [0.29, 0.717) is 24.7 Å². The smallest absolute Gasteiger partial charge is 0.122 e. The molecule has 4 unspecified atom stereocenters. The average molecular weight is 464 g/mol. The number of rotatable bonds is 16. The van der Waals surface area contributed by atoms with Crippen LogP contribution in [0.15, 0.2) is 0 Å². The lowest BCUT2D eigenvalue weighted by molar-refractivity contribution is 0.0384. The van der Waals surface area contributed by atoms with E-state index in [-0.39, 0.29) is 11.5 Å². The molecule has 0 aliphatic rings. The number of aromatic hydroxyl groups is 2. The predicted octanol–water partition coefficient (Wildman–Crippen LogP) is 7.08. The minimum Gasteiger partial charge on any atom is -0.507 e. The molecule has 0 amide bonds. The molecule has 0 heterocycles. The van der Waals surface area contributed by atoms with Gasteiger partial charge in [-0.15, -0.1) is 0 Å². The van der Waals surface area contributed by atoms with Gasteiger partial charge in [0.25, 0.3) is 0 Å². The molecule has 0 bridgehead atoms. The molecule has 0 radical (unpaired) electrons. The van der Waals surface area contributed by atoms with Gasteiger partial charge in [-0.1, -0.05) is 65.7 Å². The zero-order valence-corrected chi connectivity index (χ0v) is 22.6. The fourth-order valence-electron chi connectivity index (χ4n) is 4.88. The number of phenolic OH excluding ortho intramolecular Hbond substituents is 2. The fraction of sp³-hybridized carbons (Fsp3) is 0.793. The van der Waals surface area contributed by atoms with Crippen LogP contribution in [0.1, 0.15) is 114 Å². The van der Waals surface area contributed by atoms with Crippen LogP contribution < -0.4 is 5.73 Å². The molecule has 0 aliphatic carbocycles. The molecule has 4 nitrogen and oxygen atoms in total. The molecular weight excluding hydrogens is 410 g/mol. The van der Waals surface area contributed by atoms with E-state index in [9.17, 15) is 15.3 Å². The van der Waals surface area contributed by atoms with Crippen molar-refractivity contribution in [3.8, 4) is 11.5 Å². The molecule has 5 N–H and O–H groups in total. The average Bonchev–Trinajstić information content (AvgIpc) is 2.76. The largest absolute Gasteiger partial charge is 0.507 e. The summed E-state index contributed by atoms with van der Waals surface area (Å²) in [6.07, 6.45) is 11.8. The van der Waals surface area contributed by atoms with Crippen molar-refractivity contribution in [2.24, 2.45) is 23.5 Å². The lowest BCUT2D eigenvalue weighted by Crippen LogP contribution is -2.25. The molecule has 0 aliphatic heterocycles. The van der Waals surface area contributed by atoms with E-state index in [1.807, 2.05) is 27.7 Å². The maximum Gasteiger partial charge on any atom is 0.122 e. The number of phenols is 2. The number of nitrogens with two attached hydrogens (primary N) is 1. The number of hydrogen-bond donors (Lipinski definition) is 4. The zero-order chi connectivity index (χ0) is 25.2. The molecule has 4 heteroatoms. The standard InChI is InChI=1S/C29H53NO3/c1-20(13-9-14-22(3)19-30)11-8-12-21(2)15-10-17-29(7,33)18-16-26-25(6)27(31)23(4)24(5)28(26)32/h20-22,31-33H,8-19,30H2,1-7H3. The minimum absolute atomic E-state index is 0.258. The van der Waals surface area contributed by atoms with Crippen LogP contribution in [0.4, 0.5) is 0 Å². The molecule has 0 saturated carbocycles. The van der Waals surface area contributed by atoms with E-state index in [4.69, 9.17) is 5.73 Å². The summed E-state index contributed by atoms with van der Waals surface area (Å²) >= 11 is 0.